The van der Waals surface area contributed by atoms with E-state index in [4.69, 9.17) is 0 Å². The minimum absolute atomic E-state index is 0. The van der Waals surface area contributed by atoms with Crippen molar-refractivity contribution in [3.05, 3.63) is 0 Å². The predicted molar refractivity (Wildman–Crippen MR) is 220 cm³/mol. The second kappa shape index (κ2) is 66.6. The van der Waals surface area contributed by atoms with Crippen LogP contribution < -0.4 is 0 Å². The summed E-state index contributed by atoms with van der Waals surface area (Å²) in [7, 11) is 6.00. The maximum absolute atomic E-state index is 2.27. The van der Waals surface area contributed by atoms with Gasteiger partial charge in [-0.15, -0.1) is 12.4 Å². The molecule has 0 bridgehead atoms. The lowest BCUT2D eigenvalue weighted by Gasteiger charge is -1.97. The second-order valence-corrected chi connectivity index (χ2v) is 13.8. The Labute approximate surface area is 298 Å². The molecule has 0 aliphatic carbocycles. The van der Waals surface area contributed by atoms with Crippen molar-refractivity contribution in [3.63, 3.8) is 0 Å². The number of unbranched alkanes of at least 4 members (excludes halogenated alkanes) is 28. The molecule has 0 rings (SSSR count). The normalized spacial score (nSPS) is 9.87. The molecule has 0 aliphatic heterocycles. The summed E-state index contributed by atoms with van der Waals surface area (Å²) in [6.07, 6.45) is 45.8. The van der Waals surface area contributed by atoms with E-state index in [0.717, 1.165) is 0 Å². The van der Waals surface area contributed by atoms with Crippen molar-refractivity contribution in [1.82, 2.24) is 4.90 Å². The van der Waals surface area contributed by atoms with E-state index in [-0.39, 0.29) is 12.4 Å². The Morgan fingerprint density at radius 1 is 0.200 bits per heavy atom. The molecule has 45 heavy (non-hydrogen) atoms. The maximum atomic E-state index is 2.27. The van der Waals surface area contributed by atoms with Crippen molar-refractivity contribution in [3.8, 4) is 0 Å². The van der Waals surface area contributed by atoms with Crippen LogP contribution in [0, 0.1) is 0 Å². The Bertz CT molecular complexity index is 272. The average Bonchev–Trinajstić information content (AvgIpc) is 3.01. The first-order valence-electron chi connectivity index (χ1n) is 21.0. The fourth-order valence-electron chi connectivity index (χ4n) is 4.83. The van der Waals surface area contributed by atoms with Crippen LogP contribution >= 0.6 is 12.4 Å². The molecule has 0 fully saturated rings. The molecule has 0 aromatic carbocycles. The number of nitrogens with zero attached hydrogens (tertiary/aromatic N) is 1. The molecule has 1 nitrogen and oxygen atoms in total. The van der Waals surface area contributed by atoms with E-state index >= 15 is 0 Å². The lowest BCUT2D eigenvalue weighted by Crippen LogP contribution is -1.99. The summed E-state index contributed by atoms with van der Waals surface area (Å²) >= 11 is 0. The van der Waals surface area contributed by atoms with Gasteiger partial charge in [0.15, 0.2) is 0 Å². The van der Waals surface area contributed by atoms with Gasteiger partial charge in [-0.3, -0.25) is 0 Å². The van der Waals surface area contributed by atoms with Crippen LogP contribution in [0.15, 0.2) is 0 Å². The van der Waals surface area contributed by atoms with Gasteiger partial charge in [-0.2, -0.15) is 0 Å². The van der Waals surface area contributed by atoms with Crippen molar-refractivity contribution in [1.29, 1.82) is 0 Å². The van der Waals surface area contributed by atoms with Gasteiger partial charge >= 0.3 is 0 Å². The smallest absolute Gasteiger partial charge is 0.0140 e. The fraction of sp³-hybridized carbons (Fsp3) is 1.00. The Morgan fingerprint density at radius 2 is 0.267 bits per heavy atom. The highest BCUT2D eigenvalue weighted by atomic mass is 35.5. The van der Waals surface area contributed by atoms with Crippen LogP contribution in [0.2, 0.25) is 0 Å². The first kappa shape index (κ1) is 57.5. The molecule has 0 aliphatic rings. The Morgan fingerprint density at radius 3 is 0.333 bits per heavy atom. The summed E-state index contributed by atoms with van der Waals surface area (Å²) in [6, 6.07) is 0. The van der Waals surface area contributed by atoms with Crippen molar-refractivity contribution in [2.24, 2.45) is 0 Å². The predicted octanol–water partition coefficient (Wildman–Crippen LogP) is 17.2. The van der Waals surface area contributed by atoms with Gasteiger partial charge in [-0.1, -0.05) is 261 Å². The van der Waals surface area contributed by atoms with Gasteiger partial charge in [0, 0.05) is 0 Å². The third-order valence-corrected chi connectivity index (χ3v) is 7.83. The van der Waals surface area contributed by atoms with E-state index < -0.39 is 0 Å². The van der Waals surface area contributed by atoms with Crippen molar-refractivity contribution in [2.75, 3.05) is 21.1 Å². The molecule has 0 unspecified atom stereocenters. The zero-order valence-corrected chi connectivity index (χ0v) is 35.3. The van der Waals surface area contributed by atoms with Crippen molar-refractivity contribution < 1.29 is 0 Å². The topological polar surface area (TPSA) is 3.24 Å². The third-order valence-electron chi connectivity index (χ3n) is 7.83. The zero-order chi connectivity index (χ0) is 34.2. The number of hydrogen-bond donors (Lipinski definition) is 0. The first-order valence-corrected chi connectivity index (χ1v) is 21.0. The second-order valence-electron chi connectivity index (χ2n) is 13.8. The van der Waals surface area contributed by atoms with Gasteiger partial charge < -0.3 is 4.90 Å². The quantitative estimate of drug-likeness (QED) is 0.0753. The molecule has 0 N–H and O–H groups in total. The van der Waals surface area contributed by atoms with E-state index in [1.807, 2.05) is 26.0 Å². The fourth-order valence-corrected chi connectivity index (χ4v) is 4.83. The first-order chi connectivity index (χ1) is 21.4. The van der Waals surface area contributed by atoms with Crippen LogP contribution in [-0.4, -0.2) is 26.0 Å². The molecule has 0 saturated carbocycles. The molecule has 2 heteroatoms. The molecule has 0 heterocycles. The van der Waals surface area contributed by atoms with Crippen LogP contribution in [-0.2, 0) is 0 Å². The summed E-state index contributed by atoms with van der Waals surface area (Å²) in [5.41, 5.74) is 0. The van der Waals surface area contributed by atoms with Gasteiger partial charge in [-0.25, -0.2) is 0 Å². The van der Waals surface area contributed by atoms with Gasteiger partial charge in [0.1, 0.15) is 0 Å². The summed E-state index contributed by atoms with van der Waals surface area (Å²) in [5.74, 6) is 0. The van der Waals surface area contributed by atoms with Gasteiger partial charge in [0.2, 0.25) is 0 Å². The maximum Gasteiger partial charge on any atom is -0.0140 e. The van der Waals surface area contributed by atoms with Gasteiger partial charge in [-0.05, 0) is 21.1 Å². The largest absolute Gasteiger partial charge is 0.312 e. The van der Waals surface area contributed by atoms with Crippen LogP contribution in [0.4, 0.5) is 0 Å². The van der Waals surface area contributed by atoms with E-state index in [0.29, 0.717) is 0 Å². The van der Waals surface area contributed by atoms with Gasteiger partial charge in [0.25, 0.3) is 0 Å². The van der Waals surface area contributed by atoms with Crippen molar-refractivity contribution in [2.45, 2.75) is 261 Å². The highest BCUT2D eigenvalue weighted by Crippen LogP contribution is 2.10. The highest BCUT2D eigenvalue weighted by molar-refractivity contribution is 5.85. The van der Waals surface area contributed by atoms with Crippen LogP contribution in [0.3, 0.4) is 0 Å². The summed E-state index contributed by atoms with van der Waals surface area (Å²) in [4.78, 5) is 2.00. The zero-order valence-electron chi connectivity index (χ0n) is 34.5. The summed E-state index contributed by atoms with van der Waals surface area (Å²) in [5, 5.41) is 0. The molecule has 0 aromatic rings. The number of hydrogen-bond acceptors (Lipinski definition) is 1. The molecular weight excluding hydrogens is 566 g/mol. The van der Waals surface area contributed by atoms with E-state index in [1.165, 1.54) is 205 Å². The Kier molecular flexibility index (Phi) is 85.1. The third kappa shape index (κ3) is 99.0. The molecule has 282 valence electrons. The molecule has 0 amide bonds. The highest BCUT2D eigenvalue weighted by Gasteiger charge is 1.90. The molecule has 0 saturated heterocycles. The minimum atomic E-state index is 0. The van der Waals surface area contributed by atoms with E-state index in [9.17, 15) is 0 Å². The molecular formula is C43H98ClN. The Hall–Kier alpha value is 0.250. The van der Waals surface area contributed by atoms with Crippen molar-refractivity contribution >= 4 is 12.4 Å². The lowest BCUT2D eigenvalue weighted by atomic mass is 10.1. The van der Waals surface area contributed by atoms with E-state index in [2.05, 4.69) is 55.4 Å². The number of rotatable bonds is 28. The van der Waals surface area contributed by atoms with Crippen LogP contribution in [0.1, 0.15) is 261 Å². The van der Waals surface area contributed by atoms with Crippen LogP contribution in [0.25, 0.3) is 0 Å². The molecule has 0 atom stereocenters. The monoisotopic (exact) mass is 664 g/mol. The minimum Gasteiger partial charge on any atom is -0.312 e. The molecule has 0 aromatic heterocycles. The molecule has 0 radical (unpaired) electrons. The molecule has 0 spiro atoms. The van der Waals surface area contributed by atoms with Gasteiger partial charge in [0.05, 0.1) is 0 Å². The average molecular weight is 665 g/mol. The standard InChI is InChI=1S/4C10H22.C3H9N.ClH/c4*1-3-5-7-9-10-8-6-4-2;1-4(2)3;/h4*3-10H2,1-2H3;1-3H3;1H. The Balaban J connectivity index is -0.000000107. The van der Waals surface area contributed by atoms with E-state index in [1.54, 1.807) is 0 Å². The number of halogens is 1. The SMILES string of the molecule is CCCCCCCCCC.CCCCCCCCCC.CCCCCCCCCC.CCCCCCCCCC.CN(C)C.Cl. The summed E-state index contributed by atoms with van der Waals surface area (Å²) in [6.45, 7) is 18.2. The summed E-state index contributed by atoms with van der Waals surface area (Å²) < 4.78 is 0. The van der Waals surface area contributed by atoms with Crippen LogP contribution in [0.5, 0.6) is 0 Å². The lowest BCUT2D eigenvalue weighted by molar-refractivity contribution is 0.505.